The van der Waals surface area contributed by atoms with Crippen molar-refractivity contribution >= 4 is 15.9 Å². The van der Waals surface area contributed by atoms with Gasteiger partial charge in [0, 0.05) is 10.0 Å². The molecule has 3 heteroatoms. The molecular weight excluding hydrogens is 307 g/mol. The van der Waals surface area contributed by atoms with Crippen LogP contribution >= 0.6 is 15.9 Å². The van der Waals surface area contributed by atoms with Gasteiger partial charge < -0.3 is 5.11 Å². The molecule has 0 saturated heterocycles. The second-order valence-corrected chi connectivity index (χ2v) is 5.62. The highest BCUT2D eigenvalue weighted by Crippen LogP contribution is 2.35. The molecule has 1 atom stereocenters. The fourth-order valence-corrected chi connectivity index (χ4v) is 2.65. The molecule has 0 bridgehead atoms. The third-order valence-corrected chi connectivity index (χ3v) is 3.87. The standard InChI is InChI=1S/C16H16BrFO/c1-3-16(19,12-5-4-6-13(17)10-12)14-9-11(2)7-8-15(14)18/h4-10,19H,3H2,1-2H3. The molecule has 0 amide bonds. The van der Waals surface area contributed by atoms with Crippen LogP contribution in [0.4, 0.5) is 4.39 Å². The number of rotatable bonds is 3. The molecule has 19 heavy (non-hydrogen) atoms. The molecule has 1 N–H and O–H groups in total. The van der Waals surface area contributed by atoms with Crippen LogP contribution in [0.15, 0.2) is 46.9 Å². The van der Waals surface area contributed by atoms with E-state index < -0.39 is 5.60 Å². The van der Waals surface area contributed by atoms with E-state index in [1.165, 1.54) is 6.07 Å². The van der Waals surface area contributed by atoms with E-state index >= 15 is 0 Å². The van der Waals surface area contributed by atoms with E-state index in [9.17, 15) is 9.50 Å². The quantitative estimate of drug-likeness (QED) is 0.879. The summed E-state index contributed by atoms with van der Waals surface area (Å²) in [6, 6.07) is 12.2. The van der Waals surface area contributed by atoms with E-state index in [2.05, 4.69) is 15.9 Å². The van der Waals surface area contributed by atoms with Gasteiger partial charge in [-0.3, -0.25) is 0 Å². The molecule has 0 spiro atoms. The molecule has 0 aliphatic rings. The fraction of sp³-hybridized carbons (Fsp3) is 0.250. The summed E-state index contributed by atoms with van der Waals surface area (Å²) in [7, 11) is 0. The number of halogens is 2. The molecule has 0 aliphatic carbocycles. The molecule has 0 aliphatic heterocycles. The van der Waals surface area contributed by atoms with Crippen LogP contribution in [-0.2, 0) is 5.60 Å². The molecule has 2 aromatic rings. The van der Waals surface area contributed by atoms with Gasteiger partial charge in [0.2, 0.25) is 0 Å². The molecule has 1 unspecified atom stereocenters. The lowest BCUT2D eigenvalue weighted by molar-refractivity contribution is 0.0724. The summed E-state index contributed by atoms with van der Waals surface area (Å²) in [5.41, 5.74) is 0.639. The van der Waals surface area contributed by atoms with Crippen LogP contribution in [0.2, 0.25) is 0 Å². The van der Waals surface area contributed by atoms with Crippen LogP contribution in [-0.4, -0.2) is 5.11 Å². The van der Waals surface area contributed by atoms with Gasteiger partial charge in [-0.1, -0.05) is 46.6 Å². The molecule has 2 aromatic carbocycles. The molecule has 1 nitrogen and oxygen atoms in total. The first kappa shape index (κ1) is 14.2. The van der Waals surface area contributed by atoms with E-state index in [-0.39, 0.29) is 5.82 Å². The van der Waals surface area contributed by atoms with Crippen molar-refractivity contribution in [3.05, 3.63) is 69.4 Å². The molecule has 0 saturated carbocycles. The average Bonchev–Trinajstić information content (AvgIpc) is 2.40. The Balaban J connectivity index is 2.62. The number of aliphatic hydroxyl groups is 1. The number of benzene rings is 2. The predicted molar refractivity (Wildman–Crippen MR) is 78.6 cm³/mol. The molecular formula is C16H16BrFO. The Morgan fingerprint density at radius 2 is 1.95 bits per heavy atom. The van der Waals surface area contributed by atoms with Gasteiger partial charge in [-0.15, -0.1) is 0 Å². The van der Waals surface area contributed by atoms with Gasteiger partial charge in [0.1, 0.15) is 11.4 Å². The highest BCUT2D eigenvalue weighted by Gasteiger charge is 2.32. The van der Waals surface area contributed by atoms with E-state index in [1.807, 2.05) is 38.1 Å². The minimum absolute atomic E-state index is 0.327. The Labute approximate surface area is 121 Å². The van der Waals surface area contributed by atoms with Crippen molar-refractivity contribution in [2.75, 3.05) is 0 Å². The lowest BCUT2D eigenvalue weighted by atomic mass is 9.83. The van der Waals surface area contributed by atoms with Gasteiger partial charge in [-0.25, -0.2) is 4.39 Å². The van der Waals surface area contributed by atoms with Gasteiger partial charge >= 0.3 is 0 Å². The average molecular weight is 323 g/mol. The largest absolute Gasteiger partial charge is 0.380 e. The van der Waals surface area contributed by atoms with Crippen molar-refractivity contribution in [2.24, 2.45) is 0 Å². The summed E-state index contributed by atoms with van der Waals surface area (Å²) >= 11 is 3.38. The maximum atomic E-state index is 14.1. The Morgan fingerprint density at radius 1 is 1.21 bits per heavy atom. The third-order valence-electron chi connectivity index (χ3n) is 3.38. The van der Waals surface area contributed by atoms with Gasteiger partial charge in [-0.2, -0.15) is 0 Å². The van der Waals surface area contributed by atoms with Crippen molar-refractivity contribution in [3.63, 3.8) is 0 Å². The van der Waals surface area contributed by atoms with Gasteiger partial charge in [0.15, 0.2) is 0 Å². The first-order valence-electron chi connectivity index (χ1n) is 6.22. The van der Waals surface area contributed by atoms with Crippen molar-refractivity contribution in [3.8, 4) is 0 Å². The van der Waals surface area contributed by atoms with Crippen LogP contribution in [0.1, 0.15) is 30.0 Å². The summed E-state index contributed by atoms with van der Waals surface area (Å²) in [6.45, 7) is 3.74. The summed E-state index contributed by atoms with van der Waals surface area (Å²) in [6.07, 6.45) is 0.407. The maximum Gasteiger partial charge on any atom is 0.129 e. The smallest absolute Gasteiger partial charge is 0.129 e. The maximum absolute atomic E-state index is 14.1. The summed E-state index contributed by atoms with van der Waals surface area (Å²) in [5.74, 6) is -0.380. The SMILES string of the molecule is CCC(O)(c1cccc(Br)c1)c1cc(C)ccc1F. The Kier molecular flexibility index (Phi) is 4.07. The third kappa shape index (κ3) is 2.72. The van der Waals surface area contributed by atoms with Crippen molar-refractivity contribution in [1.29, 1.82) is 0 Å². The molecule has 0 aromatic heterocycles. The fourth-order valence-electron chi connectivity index (χ4n) is 2.25. The Morgan fingerprint density at radius 3 is 2.58 bits per heavy atom. The molecule has 2 rings (SSSR count). The van der Waals surface area contributed by atoms with E-state index in [4.69, 9.17) is 0 Å². The zero-order chi connectivity index (χ0) is 14.0. The molecule has 0 radical (unpaired) electrons. The van der Waals surface area contributed by atoms with E-state index in [0.717, 1.165) is 10.0 Å². The molecule has 0 heterocycles. The minimum atomic E-state index is -1.31. The lowest BCUT2D eigenvalue weighted by Gasteiger charge is -2.29. The number of aryl methyl sites for hydroxylation is 1. The van der Waals surface area contributed by atoms with Crippen LogP contribution in [0.5, 0.6) is 0 Å². The van der Waals surface area contributed by atoms with Crippen LogP contribution in [0, 0.1) is 12.7 Å². The van der Waals surface area contributed by atoms with E-state index in [1.54, 1.807) is 12.1 Å². The highest BCUT2D eigenvalue weighted by atomic mass is 79.9. The zero-order valence-corrected chi connectivity index (χ0v) is 12.5. The van der Waals surface area contributed by atoms with Crippen molar-refractivity contribution in [1.82, 2.24) is 0 Å². The second kappa shape index (κ2) is 5.43. The predicted octanol–water partition coefficient (Wildman–Crippen LogP) is 4.54. The highest BCUT2D eigenvalue weighted by molar-refractivity contribution is 9.10. The summed E-state index contributed by atoms with van der Waals surface area (Å²) in [5, 5.41) is 10.9. The van der Waals surface area contributed by atoms with Crippen molar-refractivity contribution in [2.45, 2.75) is 25.9 Å². The van der Waals surface area contributed by atoms with Gasteiger partial charge in [-0.05, 0) is 43.2 Å². The van der Waals surface area contributed by atoms with Crippen LogP contribution in [0.3, 0.4) is 0 Å². The van der Waals surface area contributed by atoms with Crippen molar-refractivity contribution < 1.29 is 9.50 Å². The minimum Gasteiger partial charge on any atom is -0.380 e. The van der Waals surface area contributed by atoms with Gasteiger partial charge in [0.25, 0.3) is 0 Å². The monoisotopic (exact) mass is 322 g/mol. The first-order valence-corrected chi connectivity index (χ1v) is 7.01. The Hall–Kier alpha value is -1.19. The first-order chi connectivity index (χ1) is 8.97. The molecule has 0 fully saturated rings. The molecule has 100 valence electrons. The van der Waals surface area contributed by atoms with Crippen LogP contribution in [0.25, 0.3) is 0 Å². The lowest BCUT2D eigenvalue weighted by Crippen LogP contribution is -2.27. The summed E-state index contributed by atoms with van der Waals surface area (Å²) < 4.78 is 14.9. The van der Waals surface area contributed by atoms with E-state index in [0.29, 0.717) is 17.5 Å². The van der Waals surface area contributed by atoms with Crippen LogP contribution < -0.4 is 0 Å². The zero-order valence-electron chi connectivity index (χ0n) is 11.0. The topological polar surface area (TPSA) is 20.2 Å². The number of hydrogen-bond donors (Lipinski definition) is 1. The Bertz CT molecular complexity index is 597. The second-order valence-electron chi connectivity index (χ2n) is 4.71. The normalized spacial score (nSPS) is 14.2. The summed E-state index contributed by atoms with van der Waals surface area (Å²) in [4.78, 5) is 0. The van der Waals surface area contributed by atoms with Gasteiger partial charge in [0.05, 0.1) is 0 Å². The number of hydrogen-bond acceptors (Lipinski definition) is 1.